The molecule has 1 N–H and O–H groups in total. The third-order valence-corrected chi connectivity index (χ3v) is 2.25. The Morgan fingerprint density at radius 3 is 2.76 bits per heavy atom. The van der Waals surface area contributed by atoms with E-state index in [1.807, 2.05) is 0 Å². The summed E-state index contributed by atoms with van der Waals surface area (Å²) in [5, 5.41) is 13.0. The number of ether oxygens (including phenoxy) is 1. The van der Waals surface area contributed by atoms with Gasteiger partial charge in [-0.2, -0.15) is 10.4 Å². The molecule has 0 bridgehead atoms. The molecule has 7 heteroatoms. The van der Waals surface area contributed by atoms with Crippen LogP contribution in [-0.2, 0) is 9.53 Å². The van der Waals surface area contributed by atoms with Crippen molar-refractivity contribution in [1.29, 1.82) is 5.26 Å². The van der Waals surface area contributed by atoms with Gasteiger partial charge in [-0.3, -0.25) is 5.43 Å². The maximum absolute atomic E-state index is 11.0. The van der Waals surface area contributed by atoms with E-state index < -0.39 is 11.7 Å². The lowest BCUT2D eigenvalue weighted by atomic mass is 10.3. The number of hydrogen-bond donors (Lipinski definition) is 1. The number of esters is 1. The number of methoxy groups -OCH3 is 1. The standard InChI is InChI=1S/C10H7Cl2N3O2/c1-17-10(16)9(5-13)15-14-8-3-2-6(11)4-7(8)12/h2-4,14H,1H3/b15-9-. The van der Waals surface area contributed by atoms with Crippen LogP contribution in [0, 0.1) is 11.3 Å². The highest BCUT2D eigenvalue weighted by molar-refractivity contribution is 6.43. The lowest BCUT2D eigenvalue weighted by molar-refractivity contribution is -0.132. The first-order chi connectivity index (χ1) is 8.08. The van der Waals surface area contributed by atoms with Gasteiger partial charge in [-0.05, 0) is 18.2 Å². The summed E-state index contributed by atoms with van der Waals surface area (Å²) in [6.45, 7) is 0. The van der Waals surface area contributed by atoms with Crippen molar-refractivity contribution in [2.24, 2.45) is 5.10 Å². The summed E-state index contributed by atoms with van der Waals surface area (Å²) >= 11 is 11.6. The number of benzene rings is 1. The van der Waals surface area contributed by atoms with E-state index in [1.54, 1.807) is 18.2 Å². The van der Waals surface area contributed by atoms with Crippen molar-refractivity contribution in [2.45, 2.75) is 0 Å². The van der Waals surface area contributed by atoms with Crippen LogP contribution in [0.1, 0.15) is 0 Å². The molecule has 0 aromatic heterocycles. The minimum absolute atomic E-state index is 0.323. The van der Waals surface area contributed by atoms with Gasteiger partial charge < -0.3 is 4.74 Å². The highest BCUT2D eigenvalue weighted by atomic mass is 35.5. The summed E-state index contributed by atoms with van der Waals surface area (Å²) in [7, 11) is 1.16. The molecule has 1 aromatic carbocycles. The van der Waals surface area contributed by atoms with Crippen molar-refractivity contribution < 1.29 is 9.53 Å². The number of nitrogens with one attached hydrogen (secondary N) is 1. The van der Waals surface area contributed by atoms with Crippen molar-refractivity contribution in [3.63, 3.8) is 0 Å². The summed E-state index contributed by atoms with van der Waals surface area (Å²) in [6.07, 6.45) is 0. The number of nitriles is 1. The van der Waals surface area contributed by atoms with E-state index in [1.165, 1.54) is 6.07 Å². The van der Waals surface area contributed by atoms with Crippen LogP contribution >= 0.6 is 23.2 Å². The maximum Gasteiger partial charge on any atom is 0.369 e. The van der Waals surface area contributed by atoms with Gasteiger partial charge in [0.2, 0.25) is 5.71 Å². The second-order valence-corrected chi connectivity index (χ2v) is 3.64. The van der Waals surface area contributed by atoms with E-state index in [4.69, 9.17) is 28.5 Å². The van der Waals surface area contributed by atoms with Gasteiger partial charge in [-0.1, -0.05) is 23.2 Å². The number of nitrogens with zero attached hydrogens (tertiary/aromatic N) is 2. The molecule has 0 aliphatic carbocycles. The second kappa shape index (κ2) is 6.09. The number of halogens is 2. The highest BCUT2D eigenvalue weighted by Gasteiger charge is 2.10. The Bertz CT molecular complexity index is 509. The van der Waals surface area contributed by atoms with Crippen LogP contribution in [0.5, 0.6) is 0 Å². The minimum Gasteiger partial charge on any atom is -0.464 e. The number of hydrazone groups is 1. The summed E-state index contributed by atoms with van der Waals surface area (Å²) in [6, 6.07) is 6.27. The molecule has 0 spiro atoms. The third kappa shape index (κ3) is 3.63. The van der Waals surface area contributed by atoms with Crippen LogP contribution < -0.4 is 5.43 Å². The topological polar surface area (TPSA) is 74.5 Å². The fourth-order valence-electron chi connectivity index (χ4n) is 0.909. The molecule has 1 aromatic rings. The Balaban J connectivity index is 2.88. The molecule has 0 saturated heterocycles. The summed E-state index contributed by atoms with van der Waals surface area (Å²) < 4.78 is 4.35. The molecule has 0 amide bonds. The summed E-state index contributed by atoms with van der Waals surface area (Å²) in [5.41, 5.74) is 2.50. The molecule has 17 heavy (non-hydrogen) atoms. The number of anilines is 1. The zero-order valence-corrected chi connectivity index (χ0v) is 10.2. The smallest absolute Gasteiger partial charge is 0.369 e. The van der Waals surface area contributed by atoms with Crippen molar-refractivity contribution in [2.75, 3.05) is 12.5 Å². The predicted octanol–water partition coefficient (Wildman–Crippen LogP) is 2.46. The van der Waals surface area contributed by atoms with Crippen molar-refractivity contribution >= 4 is 40.6 Å². The van der Waals surface area contributed by atoms with Gasteiger partial charge in [0.25, 0.3) is 0 Å². The van der Waals surface area contributed by atoms with Gasteiger partial charge in [-0.15, -0.1) is 0 Å². The maximum atomic E-state index is 11.0. The van der Waals surface area contributed by atoms with E-state index in [9.17, 15) is 4.79 Å². The summed E-state index contributed by atoms with van der Waals surface area (Å²) in [4.78, 5) is 11.0. The Morgan fingerprint density at radius 2 is 2.24 bits per heavy atom. The molecule has 88 valence electrons. The van der Waals surface area contributed by atoms with Crippen LogP contribution in [0.3, 0.4) is 0 Å². The van der Waals surface area contributed by atoms with E-state index in [2.05, 4.69) is 15.3 Å². The normalized spacial score (nSPS) is 10.6. The van der Waals surface area contributed by atoms with Crippen molar-refractivity contribution in [3.8, 4) is 6.07 Å². The molecule has 0 radical (unpaired) electrons. The lowest BCUT2D eigenvalue weighted by Crippen LogP contribution is -2.15. The average Bonchev–Trinajstić information content (AvgIpc) is 2.31. The number of carbonyl (C=O) groups is 1. The molecule has 5 nitrogen and oxygen atoms in total. The second-order valence-electron chi connectivity index (χ2n) is 2.80. The van der Waals surface area contributed by atoms with Gasteiger partial charge in [-0.25, -0.2) is 4.79 Å². The SMILES string of the molecule is COC(=O)/C(C#N)=N\Nc1ccc(Cl)cc1Cl. The molecule has 0 unspecified atom stereocenters. The first kappa shape index (κ1) is 13.3. The highest BCUT2D eigenvalue weighted by Crippen LogP contribution is 2.25. The molecule has 0 saturated carbocycles. The van der Waals surface area contributed by atoms with Crippen molar-refractivity contribution in [3.05, 3.63) is 28.2 Å². The molecular weight excluding hydrogens is 265 g/mol. The van der Waals surface area contributed by atoms with Gasteiger partial charge in [0.15, 0.2) is 0 Å². The Hall–Kier alpha value is -1.77. The first-order valence-electron chi connectivity index (χ1n) is 4.35. The first-order valence-corrected chi connectivity index (χ1v) is 5.11. The van der Waals surface area contributed by atoms with Gasteiger partial charge >= 0.3 is 5.97 Å². The van der Waals surface area contributed by atoms with Crippen LogP contribution in [0.4, 0.5) is 5.69 Å². The molecule has 0 atom stereocenters. The van der Waals surface area contributed by atoms with E-state index in [0.29, 0.717) is 15.7 Å². The third-order valence-electron chi connectivity index (χ3n) is 1.70. The largest absolute Gasteiger partial charge is 0.464 e. The zero-order chi connectivity index (χ0) is 12.8. The van der Waals surface area contributed by atoms with Gasteiger partial charge in [0, 0.05) is 5.02 Å². The minimum atomic E-state index is -0.829. The van der Waals surface area contributed by atoms with E-state index in [-0.39, 0.29) is 0 Å². The Kier molecular flexibility index (Phi) is 4.76. The zero-order valence-electron chi connectivity index (χ0n) is 8.70. The Labute approximate surface area is 108 Å². The van der Waals surface area contributed by atoms with Crippen LogP contribution in [0.2, 0.25) is 10.0 Å². The van der Waals surface area contributed by atoms with Crippen LogP contribution in [-0.4, -0.2) is 18.8 Å². The number of carbonyl (C=O) groups excluding carboxylic acids is 1. The molecule has 0 aliphatic rings. The van der Waals surface area contributed by atoms with Gasteiger partial charge in [0.1, 0.15) is 6.07 Å². The predicted molar refractivity (Wildman–Crippen MR) is 65.1 cm³/mol. The van der Waals surface area contributed by atoms with Gasteiger partial charge in [0.05, 0.1) is 17.8 Å². The van der Waals surface area contributed by atoms with E-state index >= 15 is 0 Å². The number of rotatable bonds is 3. The fourth-order valence-corrected chi connectivity index (χ4v) is 1.36. The number of hydrogen-bond acceptors (Lipinski definition) is 5. The average molecular weight is 272 g/mol. The lowest BCUT2D eigenvalue weighted by Gasteiger charge is -2.03. The summed E-state index contributed by atoms with van der Waals surface area (Å²) in [5.74, 6) is -0.829. The fraction of sp³-hybridized carbons (Fsp3) is 0.100. The monoisotopic (exact) mass is 271 g/mol. The molecule has 0 fully saturated rings. The molecular formula is C10H7Cl2N3O2. The van der Waals surface area contributed by atoms with Crippen LogP contribution in [0.25, 0.3) is 0 Å². The van der Waals surface area contributed by atoms with Crippen molar-refractivity contribution in [1.82, 2.24) is 0 Å². The van der Waals surface area contributed by atoms with Crippen LogP contribution in [0.15, 0.2) is 23.3 Å². The molecule has 0 aliphatic heterocycles. The molecule has 0 heterocycles. The Morgan fingerprint density at radius 1 is 1.53 bits per heavy atom. The molecule has 1 rings (SSSR count). The van der Waals surface area contributed by atoms with E-state index in [0.717, 1.165) is 7.11 Å². The quantitative estimate of drug-likeness (QED) is 0.521.